The van der Waals surface area contributed by atoms with E-state index < -0.39 is 0 Å². The average molecular weight is 505 g/mol. The largest absolute Gasteiger partial charge is 0.399 e. The molecule has 0 fully saturated rings. The van der Waals surface area contributed by atoms with E-state index in [1.54, 1.807) is 0 Å². The van der Waals surface area contributed by atoms with Gasteiger partial charge in [0.05, 0.1) is 0 Å². The summed E-state index contributed by atoms with van der Waals surface area (Å²) in [7, 11) is 0. The van der Waals surface area contributed by atoms with Crippen molar-refractivity contribution in [1.29, 1.82) is 0 Å². The maximum Gasteiger partial charge on any atom is 0.0314 e. The van der Waals surface area contributed by atoms with Crippen LogP contribution in [-0.4, -0.2) is 0 Å². The third kappa shape index (κ3) is 7.51. The molecule has 0 heterocycles. The van der Waals surface area contributed by atoms with Gasteiger partial charge in [-0.2, -0.15) is 0 Å². The topological polar surface area (TPSA) is 52.0 Å². The van der Waals surface area contributed by atoms with Crippen LogP contribution in [0.15, 0.2) is 72.8 Å². The summed E-state index contributed by atoms with van der Waals surface area (Å²) >= 11 is 0. The summed E-state index contributed by atoms with van der Waals surface area (Å²) in [5.74, 6) is 0. The minimum atomic E-state index is 0.824. The molecular weight excluding hydrogens is 460 g/mol. The lowest BCUT2D eigenvalue weighted by Crippen LogP contribution is -1.99. The highest BCUT2D eigenvalue weighted by Crippen LogP contribution is 2.24. The number of rotatable bonds is 11. The molecule has 0 aliphatic carbocycles. The van der Waals surface area contributed by atoms with E-state index in [1.807, 2.05) is 24.3 Å². The van der Waals surface area contributed by atoms with E-state index in [4.69, 9.17) is 11.5 Å². The fourth-order valence-corrected chi connectivity index (χ4v) is 5.86. The summed E-state index contributed by atoms with van der Waals surface area (Å²) in [4.78, 5) is 0. The Morgan fingerprint density at radius 3 is 1.05 bits per heavy atom. The second kappa shape index (κ2) is 12.8. The Morgan fingerprint density at radius 1 is 0.421 bits per heavy atom. The van der Waals surface area contributed by atoms with E-state index in [0.29, 0.717) is 0 Å². The quantitative estimate of drug-likeness (QED) is 0.159. The third-order valence-corrected chi connectivity index (χ3v) is 7.89. The van der Waals surface area contributed by atoms with Gasteiger partial charge in [0.2, 0.25) is 0 Å². The maximum absolute atomic E-state index is 5.84. The number of benzene rings is 4. The molecule has 4 rings (SSSR count). The lowest BCUT2D eigenvalue weighted by Gasteiger charge is -2.14. The molecule has 38 heavy (non-hydrogen) atoms. The molecule has 0 amide bonds. The number of unbranched alkanes of at least 4 members (excludes halogenated alkanes) is 3. The molecule has 2 nitrogen and oxygen atoms in total. The van der Waals surface area contributed by atoms with Gasteiger partial charge in [-0.05, 0) is 146 Å². The highest BCUT2D eigenvalue weighted by molar-refractivity contribution is 5.44. The monoisotopic (exact) mass is 504 g/mol. The first-order chi connectivity index (χ1) is 18.3. The van der Waals surface area contributed by atoms with Crippen LogP contribution in [0.1, 0.15) is 81.3 Å². The highest BCUT2D eigenvalue weighted by atomic mass is 14.5. The van der Waals surface area contributed by atoms with Crippen molar-refractivity contribution >= 4 is 11.4 Å². The van der Waals surface area contributed by atoms with Crippen LogP contribution in [0.3, 0.4) is 0 Å². The van der Waals surface area contributed by atoms with Crippen LogP contribution in [0.5, 0.6) is 0 Å². The van der Waals surface area contributed by atoms with Crippen LogP contribution in [0.4, 0.5) is 11.4 Å². The molecule has 0 saturated heterocycles. The van der Waals surface area contributed by atoms with Crippen molar-refractivity contribution in [3.05, 3.63) is 128 Å². The molecule has 0 bridgehead atoms. The van der Waals surface area contributed by atoms with Crippen molar-refractivity contribution in [2.75, 3.05) is 11.5 Å². The fraction of sp³-hybridized carbons (Fsp3) is 0.333. The van der Waals surface area contributed by atoms with Gasteiger partial charge in [0, 0.05) is 11.4 Å². The normalized spacial score (nSPS) is 11.2. The molecule has 0 aromatic heterocycles. The molecule has 4 aromatic rings. The number of nitrogen functional groups attached to an aromatic ring is 2. The molecule has 4 N–H and O–H groups in total. The Balaban J connectivity index is 1.24. The van der Waals surface area contributed by atoms with Gasteiger partial charge in [0.15, 0.2) is 0 Å². The smallest absolute Gasteiger partial charge is 0.0314 e. The van der Waals surface area contributed by atoms with Gasteiger partial charge >= 0.3 is 0 Å². The number of anilines is 2. The van der Waals surface area contributed by atoms with Crippen LogP contribution in [-0.2, 0) is 25.7 Å². The number of hydrogen-bond acceptors (Lipinski definition) is 2. The zero-order valence-electron chi connectivity index (χ0n) is 23.7. The van der Waals surface area contributed by atoms with E-state index in [-0.39, 0.29) is 0 Å². The van der Waals surface area contributed by atoms with Crippen molar-refractivity contribution < 1.29 is 0 Å². The molecule has 4 aromatic carbocycles. The van der Waals surface area contributed by atoms with Crippen LogP contribution in [0.25, 0.3) is 0 Å². The summed E-state index contributed by atoms with van der Waals surface area (Å²) in [6.07, 6.45) is 9.38. The Labute approximate surface area is 230 Å². The second-order valence-electron chi connectivity index (χ2n) is 11.2. The minimum Gasteiger partial charge on any atom is -0.399 e. The maximum atomic E-state index is 5.84. The molecule has 0 unspecified atom stereocenters. The van der Waals surface area contributed by atoms with Gasteiger partial charge in [0.1, 0.15) is 0 Å². The van der Waals surface area contributed by atoms with Gasteiger partial charge in [-0.3, -0.25) is 0 Å². The molecule has 0 aliphatic heterocycles. The molecule has 0 atom stereocenters. The van der Waals surface area contributed by atoms with Crippen LogP contribution in [0.2, 0.25) is 0 Å². The number of hydrogen-bond donors (Lipinski definition) is 2. The van der Waals surface area contributed by atoms with Crippen molar-refractivity contribution in [3.8, 4) is 0 Å². The van der Waals surface area contributed by atoms with Crippen molar-refractivity contribution in [2.24, 2.45) is 0 Å². The Hall–Kier alpha value is -3.52. The van der Waals surface area contributed by atoms with Crippen LogP contribution in [0, 0.1) is 27.7 Å². The minimum absolute atomic E-state index is 0.824. The van der Waals surface area contributed by atoms with Gasteiger partial charge < -0.3 is 11.5 Å². The molecule has 2 heteroatoms. The number of aryl methyl sites for hydroxylation is 4. The zero-order chi connectivity index (χ0) is 27.1. The first kappa shape index (κ1) is 27.5. The van der Waals surface area contributed by atoms with Crippen molar-refractivity contribution in [3.63, 3.8) is 0 Å². The first-order valence-electron chi connectivity index (χ1n) is 14.2. The summed E-state index contributed by atoms with van der Waals surface area (Å²) < 4.78 is 0. The lowest BCUT2D eigenvalue weighted by molar-refractivity contribution is 0.637. The second-order valence-corrected chi connectivity index (χ2v) is 11.2. The summed E-state index contributed by atoms with van der Waals surface area (Å²) in [6.45, 7) is 9.10. The third-order valence-electron chi connectivity index (χ3n) is 7.89. The lowest BCUT2D eigenvalue weighted by atomic mass is 9.91. The molecular formula is C36H44N2. The van der Waals surface area contributed by atoms with E-state index >= 15 is 0 Å². The summed E-state index contributed by atoms with van der Waals surface area (Å²) in [5.41, 5.74) is 27.5. The highest BCUT2D eigenvalue weighted by Gasteiger charge is 2.08. The van der Waals surface area contributed by atoms with Crippen molar-refractivity contribution in [1.82, 2.24) is 0 Å². The van der Waals surface area contributed by atoms with Gasteiger partial charge in [0.25, 0.3) is 0 Å². The van der Waals surface area contributed by atoms with E-state index in [9.17, 15) is 0 Å². The Morgan fingerprint density at radius 2 is 0.737 bits per heavy atom. The van der Waals surface area contributed by atoms with Gasteiger partial charge in [-0.1, -0.05) is 61.4 Å². The van der Waals surface area contributed by atoms with E-state index in [2.05, 4.69) is 76.2 Å². The van der Waals surface area contributed by atoms with Crippen LogP contribution >= 0.6 is 0 Å². The predicted octanol–water partition coefficient (Wildman–Crippen LogP) is 8.61. The van der Waals surface area contributed by atoms with Gasteiger partial charge in [-0.25, -0.2) is 0 Å². The van der Waals surface area contributed by atoms with Gasteiger partial charge in [-0.15, -0.1) is 0 Å². The zero-order valence-corrected chi connectivity index (χ0v) is 23.7. The average Bonchev–Trinajstić information content (AvgIpc) is 2.87. The fourth-order valence-electron chi connectivity index (χ4n) is 5.86. The number of nitrogens with two attached hydrogens (primary N) is 2. The van der Waals surface area contributed by atoms with Crippen molar-refractivity contribution in [2.45, 2.75) is 79.1 Å². The summed E-state index contributed by atoms with van der Waals surface area (Å²) in [6, 6.07) is 26.0. The Bertz CT molecular complexity index is 1190. The SMILES string of the molecule is Cc1cc(Cc2ccc(N)cc2)cc(C)c1CCCCCCc1c(C)cc(Cc2ccc(N)cc2)cc1C. The Kier molecular flexibility index (Phi) is 9.29. The first-order valence-corrected chi connectivity index (χ1v) is 14.2. The molecule has 0 spiro atoms. The standard InChI is InChI=1S/C36H44N2/c1-25-19-31(23-29-11-15-33(37)16-12-29)20-26(2)35(25)9-7-5-6-8-10-36-27(3)21-32(22-28(36)4)24-30-13-17-34(38)18-14-30/h11-22H,5-10,23-24,37-38H2,1-4H3. The molecule has 0 radical (unpaired) electrons. The van der Waals surface area contributed by atoms with Crippen LogP contribution < -0.4 is 11.5 Å². The molecule has 0 aliphatic rings. The molecule has 198 valence electrons. The predicted molar refractivity (Wildman–Crippen MR) is 165 cm³/mol. The summed E-state index contributed by atoms with van der Waals surface area (Å²) in [5, 5.41) is 0. The van der Waals surface area contributed by atoms with E-state index in [1.165, 1.54) is 94.2 Å². The van der Waals surface area contributed by atoms with E-state index in [0.717, 1.165) is 24.2 Å². The molecule has 0 saturated carbocycles.